The highest BCUT2D eigenvalue weighted by atomic mass is 16.5. The van der Waals surface area contributed by atoms with Gasteiger partial charge in [-0.2, -0.15) is 5.06 Å². The molecule has 1 N–H and O–H groups in total. The second-order valence-corrected chi connectivity index (χ2v) is 10.4. The lowest BCUT2D eigenvalue weighted by molar-refractivity contribution is -0.261. The molecule has 1 aliphatic heterocycles. The van der Waals surface area contributed by atoms with Crippen molar-refractivity contribution in [2.24, 2.45) is 0 Å². The van der Waals surface area contributed by atoms with Gasteiger partial charge in [0, 0.05) is 17.7 Å². The van der Waals surface area contributed by atoms with Crippen LogP contribution in [0.4, 0.5) is 0 Å². The fourth-order valence-electron chi connectivity index (χ4n) is 4.84. The molecule has 1 saturated heterocycles. The van der Waals surface area contributed by atoms with Crippen LogP contribution in [0, 0.1) is 0 Å². The van der Waals surface area contributed by atoms with Crippen LogP contribution in [0.15, 0.2) is 0 Å². The Kier molecular flexibility index (Phi) is 12.9. The highest BCUT2D eigenvalue weighted by Crippen LogP contribution is 2.37. The minimum absolute atomic E-state index is 0.206. The molecule has 0 bridgehead atoms. The van der Waals surface area contributed by atoms with E-state index >= 15 is 0 Å². The Morgan fingerprint density at radius 3 is 1.43 bits per heavy atom. The van der Waals surface area contributed by atoms with Gasteiger partial charge in [-0.25, -0.2) is 0 Å². The van der Waals surface area contributed by atoms with Crippen LogP contribution < -0.4 is 0 Å². The van der Waals surface area contributed by atoms with Crippen LogP contribution in [0.1, 0.15) is 137 Å². The first kappa shape index (κ1) is 25.9. The first-order chi connectivity index (χ1) is 13.3. The van der Waals surface area contributed by atoms with Crippen molar-refractivity contribution in [2.45, 2.75) is 155 Å². The van der Waals surface area contributed by atoms with Crippen LogP contribution in [0.5, 0.6) is 0 Å². The summed E-state index contributed by atoms with van der Waals surface area (Å²) >= 11 is 0. The smallest absolute Gasteiger partial charge is 0.0611 e. The molecule has 0 atom stereocenters. The lowest BCUT2D eigenvalue weighted by Crippen LogP contribution is -2.60. The van der Waals surface area contributed by atoms with E-state index in [-0.39, 0.29) is 17.2 Å². The van der Waals surface area contributed by atoms with Gasteiger partial charge >= 0.3 is 0 Å². The van der Waals surface area contributed by atoms with Crippen molar-refractivity contribution in [2.75, 3.05) is 6.61 Å². The number of hydrogen-bond donors (Lipinski definition) is 1. The topological polar surface area (TPSA) is 32.7 Å². The van der Waals surface area contributed by atoms with Gasteiger partial charge in [0.25, 0.3) is 0 Å². The number of ether oxygens (including phenoxy) is 1. The van der Waals surface area contributed by atoms with Gasteiger partial charge in [0.1, 0.15) is 0 Å². The number of nitrogens with zero attached hydrogens (tertiary/aromatic N) is 1. The molecule has 168 valence electrons. The normalized spacial score (nSPS) is 19.9. The molecule has 0 saturated carbocycles. The Balaban J connectivity index is 1.91. The summed E-state index contributed by atoms with van der Waals surface area (Å²) in [6.07, 6.45) is 21.6. The molecular weight excluding hydrogens is 346 g/mol. The summed E-state index contributed by atoms with van der Waals surface area (Å²) in [6, 6.07) is 0. The van der Waals surface area contributed by atoms with Gasteiger partial charge < -0.3 is 9.94 Å². The molecule has 0 unspecified atom stereocenters. The molecule has 0 radical (unpaired) electrons. The molecule has 0 spiro atoms. The second kappa shape index (κ2) is 14.0. The zero-order valence-electron chi connectivity index (χ0n) is 19.9. The van der Waals surface area contributed by atoms with Crippen molar-refractivity contribution < 1.29 is 9.94 Å². The highest BCUT2D eigenvalue weighted by Gasteiger charge is 2.45. The standard InChI is InChI=1S/C25H51NO2/c1-6-7-8-9-10-11-12-13-14-15-16-17-18-19-20-28-23-21-24(2,3)26(27)25(4,5)22-23/h23,27H,6-22H2,1-5H3. The lowest BCUT2D eigenvalue weighted by Gasteiger charge is -2.51. The fourth-order valence-corrected chi connectivity index (χ4v) is 4.84. The molecule has 0 aromatic rings. The molecule has 1 heterocycles. The zero-order chi connectivity index (χ0) is 20.9. The molecule has 1 rings (SSSR count). The van der Waals surface area contributed by atoms with Gasteiger partial charge in [0.05, 0.1) is 6.10 Å². The van der Waals surface area contributed by atoms with Crippen molar-refractivity contribution >= 4 is 0 Å². The lowest BCUT2D eigenvalue weighted by atomic mass is 9.80. The highest BCUT2D eigenvalue weighted by molar-refractivity contribution is 4.96. The summed E-state index contributed by atoms with van der Waals surface area (Å²) in [4.78, 5) is 0. The molecular formula is C25H51NO2. The molecule has 1 fully saturated rings. The van der Waals surface area contributed by atoms with E-state index < -0.39 is 0 Å². The molecule has 28 heavy (non-hydrogen) atoms. The van der Waals surface area contributed by atoms with E-state index in [0.29, 0.717) is 0 Å². The number of unbranched alkanes of at least 4 members (excludes halogenated alkanes) is 13. The van der Waals surface area contributed by atoms with E-state index in [9.17, 15) is 5.21 Å². The average Bonchev–Trinajstić information content (AvgIpc) is 2.62. The van der Waals surface area contributed by atoms with Crippen molar-refractivity contribution in [3.63, 3.8) is 0 Å². The minimum Gasteiger partial charge on any atom is -0.378 e. The van der Waals surface area contributed by atoms with Crippen LogP contribution in [0.25, 0.3) is 0 Å². The minimum atomic E-state index is -0.206. The SMILES string of the molecule is CCCCCCCCCCCCCCCCOC1CC(C)(C)N(O)C(C)(C)C1. The molecule has 3 heteroatoms. The molecule has 0 aromatic carbocycles. The Morgan fingerprint density at radius 2 is 1.04 bits per heavy atom. The zero-order valence-corrected chi connectivity index (χ0v) is 19.9. The van der Waals surface area contributed by atoms with Gasteiger partial charge in [-0.1, -0.05) is 90.4 Å². The summed E-state index contributed by atoms with van der Waals surface area (Å²) < 4.78 is 6.17. The first-order valence-corrected chi connectivity index (χ1v) is 12.4. The maximum Gasteiger partial charge on any atom is 0.0611 e. The summed E-state index contributed by atoms with van der Waals surface area (Å²) in [5.41, 5.74) is -0.413. The maximum atomic E-state index is 10.4. The molecule has 3 nitrogen and oxygen atoms in total. The largest absolute Gasteiger partial charge is 0.378 e. The third kappa shape index (κ3) is 10.6. The Morgan fingerprint density at radius 1 is 0.679 bits per heavy atom. The summed E-state index contributed by atoms with van der Waals surface area (Å²) in [5.74, 6) is 0. The van der Waals surface area contributed by atoms with Gasteiger partial charge in [0.15, 0.2) is 0 Å². The van der Waals surface area contributed by atoms with Gasteiger partial charge in [-0.05, 0) is 47.0 Å². The summed E-state index contributed by atoms with van der Waals surface area (Å²) in [7, 11) is 0. The van der Waals surface area contributed by atoms with Crippen LogP contribution >= 0.6 is 0 Å². The van der Waals surface area contributed by atoms with Crippen LogP contribution in [-0.2, 0) is 4.74 Å². The van der Waals surface area contributed by atoms with Crippen LogP contribution in [0.2, 0.25) is 0 Å². The van der Waals surface area contributed by atoms with Gasteiger partial charge in [-0.15, -0.1) is 0 Å². The van der Waals surface area contributed by atoms with Gasteiger partial charge in [-0.3, -0.25) is 0 Å². The third-order valence-electron chi connectivity index (χ3n) is 6.45. The van der Waals surface area contributed by atoms with Crippen molar-refractivity contribution in [3.8, 4) is 0 Å². The number of hydroxylamine groups is 2. The van der Waals surface area contributed by atoms with E-state index in [2.05, 4.69) is 34.6 Å². The third-order valence-corrected chi connectivity index (χ3v) is 6.45. The summed E-state index contributed by atoms with van der Waals surface area (Å²) in [6.45, 7) is 11.6. The Hall–Kier alpha value is -0.120. The number of hydrogen-bond acceptors (Lipinski definition) is 3. The molecule has 0 aliphatic carbocycles. The first-order valence-electron chi connectivity index (χ1n) is 12.4. The number of piperidine rings is 1. The maximum absolute atomic E-state index is 10.4. The van der Waals surface area contributed by atoms with E-state index in [1.165, 1.54) is 95.0 Å². The van der Waals surface area contributed by atoms with Crippen molar-refractivity contribution in [1.82, 2.24) is 5.06 Å². The van der Waals surface area contributed by atoms with Gasteiger partial charge in [0.2, 0.25) is 0 Å². The van der Waals surface area contributed by atoms with E-state index in [1.807, 2.05) is 0 Å². The Labute approximate surface area is 176 Å². The predicted octanol–water partition coefficient (Wildman–Crippen LogP) is 7.90. The predicted molar refractivity (Wildman–Crippen MR) is 121 cm³/mol. The van der Waals surface area contributed by atoms with Crippen molar-refractivity contribution in [1.29, 1.82) is 0 Å². The molecule has 0 aromatic heterocycles. The van der Waals surface area contributed by atoms with Crippen LogP contribution in [0.3, 0.4) is 0 Å². The molecule has 0 amide bonds. The molecule has 1 aliphatic rings. The quantitative estimate of drug-likeness (QED) is 0.269. The average molecular weight is 398 g/mol. The summed E-state index contributed by atoms with van der Waals surface area (Å²) in [5, 5.41) is 11.9. The van der Waals surface area contributed by atoms with Crippen LogP contribution in [-0.4, -0.2) is 34.1 Å². The van der Waals surface area contributed by atoms with E-state index in [0.717, 1.165) is 19.4 Å². The van der Waals surface area contributed by atoms with Crippen molar-refractivity contribution in [3.05, 3.63) is 0 Å². The number of rotatable bonds is 16. The fraction of sp³-hybridized carbons (Fsp3) is 1.00. The van der Waals surface area contributed by atoms with E-state index in [1.54, 1.807) is 0 Å². The monoisotopic (exact) mass is 397 g/mol. The Bertz CT molecular complexity index is 363. The van der Waals surface area contributed by atoms with E-state index in [4.69, 9.17) is 4.74 Å². The second-order valence-electron chi connectivity index (χ2n) is 10.4.